The van der Waals surface area contributed by atoms with Crippen molar-refractivity contribution in [2.75, 3.05) is 13.2 Å². The van der Waals surface area contributed by atoms with Gasteiger partial charge in [0.15, 0.2) is 12.4 Å². The molecule has 0 radical (unpaired) electrons. The standard InChI is InChI=1S/C15H17ClN4O3/c1-9-2-3-10(16)12(6-9)23-7-13(21)19-11-4-5-22-14(11)15-17-8-18-20-15/h2-3,6,8,11,14H,4-5,7H2,1H3,(H,19,21)(H,17,18,20)/t11-,14+/m0/s1. The molecule has 1 saturated heterocycles. The summed E-state index contributed by atoms with van der Waals surface area (Å²) >= 11 is 6.04. The Kier molecular flexibility index (Phi) is 4.78. The van der Waals surface area contributed by atoms with Crippen molar-refractivity contribution in [3.63, 3.8) is 0 Å². The minimum Gasteiger partial charge on any atom is -0.482 e. The van der Waals surface area contributed by atoms with Gasteiger partial charge in [0.1, 0.15) is 18.2 Å². The molecule has 2 atom stereocenters. The van der Waals surface area contributed by atoms with Gasteiger partial charge in [-0.3, -0.25) is 9.89 Å². The Bertz CT molecular complexity index is 677. The molecule has 2 aromatic rings. The summed E-state index contributed by atoms with van der Waals surface area (Å²) in [5.74, 6) is 0.870. The van der Waals surface area contributed by atoms with Gasteiger partial charge in [0.05, 0.1) is 11.1 Å². The largest absolute Gasteiger partial charge is 0.482 e. The Morgan fingerprint density at radius 2 is 2.43 bits per heavy atom. The summed E-state index contributed by atoms with van der Waals surface area (Å²) in [6, 6.07) is 5.26. The van der Waals surface area contributed by atoms with Crippen molar-refractivity contribution >= 4 is 17.5 Å². The van der Waals surface area contributed by atoms with Crippen LogP contribution in [0.1, 0.15) is 23.9 Å². The van der Waals surface area contributed by atoms with Crippen LogP contribution in [-0.4, -0.2) is 40.3 Å². The van der Waals surface area contributed by atoms with E-state index < -0.39 is 0 Å². The number of hydrogen-bond acceptors (Lipinski definition) is 5. The van der Waals surface area contributed by atoms with Crippen LogP contribution in [0.4, 0.5) is 0 Å². The minimum absolute atomic E-state index is 0.108. The molecule has 1 aliphatic heterocycles. The average Bonchev–Trinajstić information content (AvgIpc) is 3.19. The number of carbonyl (C=O) groups is 1. The third kappa shape index (κ3) is 3.80. The Hall–Kier alpha value is -2.12. The molecule has 23 heavy (non-hydrogen) atoms. The van der Waals surface area contributed by atoms with E-state index in [9.17, 15) is 4.79 Å². The first-order valence-corrected chi connectivity index (χ1v) is 7.66. The number of benzene rings is 1. The van der Waals surface area contributed by atoms with Gasteiger partial charge >= 0.3 is 0 Å². The Morgan fingerprint density at radius 3 is 3.22 bits per heavy atom. The summed E-state index contributed by atoms with van der Waals surface area (Å²) in [4.78, 5) is 16.2. The van der Waals surface area contributed by atoms with Gasteiger partial charge in [0.25, 0.3) is 5.91 Å². The van der Waals surface area contributed by atoms with E-state index >= 15 is 0 Å². The van der Waals surface area contributed by atoms with E-state index in [0.29, 0.717) is 29.6 Å². The lowest BCUT2D eigenvalue weighted by molar-refractivity contribution is -0.124. The number of amides is 1. The maximum absolute atomic E-state index is 12.1. The molecule has 0 aliphatic carbocycles. The normalized spacial score (nSPS) is 20.4. The van der Waals surface area contributed by atoms with Crippen LogP contribution in [0.15, 0.2) is 24.5 Å². The number of carbonyl (C=O) groups excluding carboxylic acids is 1. The summed E-state index contributed by atoms with van der Waals surface area (Å²) in [5, 5.41) is 9.95. The number of rotatable bonds is 5. The number of nitrogens with zero attached hydrogens (tertiary/aromatic N) is 2. The molecule has 1 amide bonds. The van der Waals surface area contributed by atoms with Crippen molar-refractivity contribution in [2.24, 2.45) is 0 Å². The van der Waals surface area contributed by atoms with E-state index in [1.54, 1.807) is 12.1 Å². The van der Waals surface area contributed by atoms with Crippen LogP contribution in [0.25, 0.3) is 0 Å². The third-order valence-electron chi connectivity index (χ3n) is 3.59. The zero-order chi connectivity index (χ0) is 16.2. The average molecular weight is 337 g/mol. The van der Waals surface area contributed by atoms with Gasteiger partial charge < -0.3 is 14.8 Å². The summed E-state index contributed by atoms with van der Waals surface area (Å²) in [6.45, 7) is 2.38. The predicted molar refractivity (Wildman–Crippen MR) is 83.3 cm³/mol. The molecule has 2 heterocycles. The van der Waals surface area contributed by atoms with E-state index in [-0.39, 0.29) is 24.7 Å². The first-order valence-electron chi connectivity index (χ1n) is 7.28. The first-order chi connectivity index (χ1) is 11.1. The highest BCUT2D eigenvalue weighted by molar-refractivity contribution is 6.32. The lowest BCUT2D eigenvalue weighted by atomic mass is 10.1. The lowest BCUT2D eigenvalue weighted by Gasteiger charge is -2.18. The van der Waals surface area contributed by atoms with E-state index in [1.807, 2.05) is 13.0 Å². The summed E-state index contributed by atoms with van der Waals surface area (Å²) in [5.41, 5.74) is 1.01. The maximum Gasteiger partial charge on any atom is 0.258 e. The minimum atomic E-state index is -0.316. The number of halogens is 1. The Morgan fingerprint density at radius 1 is 1.57 bits per heavy atom. The highest BCUT2D eigenvalue weighted by atomic mass is 35.5. The topological polar surface area (TPSA) is 89.1 Å². The van der Waals surface area contributed by atoms with E-state index in [2.05, 4.69) is 20.5 Å². The molecule has 0 saturated carbocycles. The van der Waals surface area contributed by atoms with Gasteiger partial charge in [-0.1, -0.05) is 17.7 Å². The van der Waals surface area contributed by atoms with E-state index in [1.165, 1.54) is 6.33 Å². The maximum atomic E-state index is 12.1. The number of ether oxygens (including phenoxy) is 2. The van der Waals surface area contributed by atoms with Crippen molar-refractivity contribution < 1.29 is 14.3 Å². The van der Waals surface area contributed by atoms with Crippen molar-refractivity contribution in [1.29, 1.82) is 0 Å². The number of aryl methyl sites for hydroxylation is 1. The summed E-state index contributed by atoms with van der Waals surface area (Å²) in [7, 11) is 0. The van der Waals surface area contributed by atoms with Crippen LogP contribution in [0.5, 0.6) is 5.75 Å². The molecule has 2 N–H and O–H groups in total. The van der Waals surface area contributed by atoms with Crippen molar-refractivity contribution in [2.45, 2.75) is 25.5 Å². The van der Waals surface area contributed by atoms with E-state index in [0.717, 1.165) is 5.56 Å². The van der Waals surface area contributed by atoms with Gasteiger partial charge in [-0.25, -0.2) is 4.98 Å². The fourth-order valence-electron chi connectivity index (χ4n) is 2.47. The zero-order valence-electron chi connectivity index (χ0n) is 12.6. The molecule has 3 rings (SSSR count). The number of aromatic amines is 1. The fraction of sp³-hybridized carbons (Fsp3) is 0.400. The van der Waals surface area contributed by atoms with Crippen LogP contribution in [0.3, 0.4) is 0 Å². The third-order valence-corrected chi connectivity index (χ3v) is 3.90. The molecule has 8 heteroatoms. The monoisotopic (exact) mass is 336 g/mol. The quantitative estimate of drug-likeness (QED) is 0.869. The predicted octanol–water partition coefficient (Wildman–Crippen LogP) is 1.79. The molecule has 1 aliphatic rings. The molecule has 1 aromatic heterocycles. The second-order valence-corrected chi connectivity index (χ2v) is 5.75. The van der Waals surface area contributed by atoms with Gasteiger partial charge in [0.2, 0.25) is 0 Å². The molecule has 0 spiro atoms. The first kappa shape index (κ1) is 15.8. The van der Waals surface area contributed by atoms with Crippen LogP contribution < -0.4 is 10.1 Å². The van der Waals surface area contributed by atoms with Gasteiger partial charge in [0, 0.05) is 6.61 Å². The highest BCUT2D eigenvalue weighted by Crippen LogP contribution is 2.27. The number of hydrogen-bond donors (Lipinski definition) is 2. The van der Waals surface area contributed by atoms with Gasteiger partial charge in [-0.05, 0) is 31.0 Å². The van der Waals surface area contributed by atoms with Crippen LogP contribution in [-0.2, 0) is 9.53 Å². The number of H-pyrrole nitrogens is 1. The van der Waals surface area contributed by atoms with Crippen LogP contribution in [0, 0.1) is 6.92 Å². The van der Waals surface area contributed by atoms with E-state index in [4.69, 9.17) is 21.1 Å². The summed E-state index contributed by atoms with van der Waals surface area (Å²) < 4.78 is 11.1. The fourth-order valence-corrected chi connectivity index (χ4v) is 2.64. The SMILES string of the molecule is Cc1ccc(Cl)c(OCC(=O)N[C@H]2CCO[C@H]2c2ncn[nH]2)c1. The highest BCUT2D eigenvalue weighted by Gasteiger charge is 2.33. The lowest BCUT2D eigenvalue weighted by Crippen LogP contribution is -2.39. The van der Waals surface area contributed by atoms with Crippen molar-refractivity contribution in [1.82, 2.24) is 20.5 Å². The Balaban J connectivity index is 1.56. The second kappa shape index (κ2) is 6.97. The number of aromatic nitrogens is 3. The molecular weight excluding hydrogens is 320 g/mol. The molecule has 0 bridgehead atoms. The zero-order valence-corrected chi connectivity index (χ0v) is 13.3. The molecule has 0 unspecified atom stereocenters. The van der Waals surface area contributed by atoms with Crippen LogP contribution >= 0.6 is 11.6 Å². The second-order valence-electron chi connectivity index (χ2n) is 5.35. The smallest absolute Gasteiger partial charge is 0.258 e. The molecule has 7 nitrogen and oxygen atoms in total. The molecule has 122 valence electrons. The molecular formula is C15H17ClN4O3. The van der Waals surface area contributed by atoms with Crippen LogP contribution in [0.2, 0.25) is 5.02 Å². The molecule has 1 fully saturated rings. The Labute approximate surface area is 138 Å². The van der Waals surface area contributed by atoms with Crippen molar-refractivity contribution in [3.05, 3.63) is 40.9 Å². The van der Waals surface area contributed by atoms with Crippen molar-refractivity contribution in [3.8, 4) is 5.75 Å². The van der Waals surface area contributed by atoms with Gasteiger partial charge in [-0.2, -0.15) is 5.10 Å². The molecule has 1 aromatic carbocycles. The van der Waals surface area contributed by atoms with Gasteiger partial charge in [-0.15, -0.1) is 0 Å². The number of nitrogens with one attached hydrogen (secondary N) is 2. The summed E-state index contributed by atoms with van der Waals surface area (Å²) in [6.07, 6.45) is 1.81.